The van der Waals surface area contributed by atoms with E-state index in [4.69, 9.17) is 10.5 Å². The quantitative estimate of drug-likeness (QED) is 0.854. The summed E-state index contributed by atoms with van der Waals surface area (Å²) in [6, 6.07) is 0.406. The van der Waals surface area contributed by atoms with Gasteiger partial charge < -0.3 is 10.5 Å². The van der Waals surface area contributed by atoms with Crippen LogP contribution in [0.4, 0.5) is 0 Å². The Hall–Kier alpha value is -0.120. The Morgan fingerprint density at radius 2 is 1.79 bits per heavy atom. The number of rotatable bonds is 3. The first-order valence-corrected chi connectivity index (χ1v) is 8.09. The van der Waals surface area contributed by atoms with Crippen LogP contribution in [0.15, 0.2) is 0 Å². The van der Waals surface area contributed by atoms with Crippen LogP contribution < -0.4 is 5.73 Å². The highest BCUT2D eigenvalue weighted by molar-refractivity contribution is 4.87. The maximum absolute atomic E-state index is 6.37. The third-order valence-corrected chi connectivity index (χ3v) is 5.01. The zero-order valence-corrected chi connectivity index (χ0v) is 13.1. The minimum Gasteiger partial charge on any atom is -0.373 e. The smallest absolute Gasteiger partial charge is 0.0678 e. The average Bonchev–Trinajstić information content (AvgIpc) is 2.30. The second-order valence-electron chi connectivity index (χ2n) is 7.22. The maximum Gasteiger partial charge on any atom is 0.0678 e. The number of nitrogens with two attached hydrogens (primary N) is 1. The fourth-order valence-electron chi connectivity index (χ4n) is 3.90. The van der Waals surface area contributed by atoms with Gasteiger partial charge in [-0.1, -0.05) is 13.8 Å². The van der Waals surface area contributed by atoms with Crippen LogP contribution in [0.3, 0.4) is 0 Å². The summed E-state index contributed by atoms with van der Waals surface area (Å²) in [6.07, 6.45) is 4.58. The molecule has 1 saturated heterocycles. The van der Waals surface area contributed by atoms with E-state index in [1.807, 2.05) is 0 Å². The first-order chi connectivity index (χ1) is 8.95. The minimum absolute atomic E-state index is 0.365. The van der Waals surface area contributed by atoms with E-state index in [9.17, 15) is 0 Å². The van der Waals surface area contributed by atoms with Crippen molar-refractivity contribution in [1.82, 2.24) is 4.90 Å². The predicted molar refractivity (Wildman–Crippen MR) is 80.1 cm³/mol. The lowest BCUT2D eigenvalue weighted by atomic mass is 9.73. The summed E-state index contributed by atoms with van der Waals surface area (Å²) in [5, 5.41) is 0. The Balaban J connectivity index is 1.89. The molecule has 2 N–H and O–H groups in total. The molecule has 3 heteroatoms. The lowest BCUT2D eigenvalue weighted by Crippen LogP contribution is -2.50. The van der Waals surface area contributed by atoms with E-state index in [0.717, 1.165) is 24.9 Å². The van der Waals surface area contributed by atoms with Gasteiger partial charge in [-0.2, -0.15) is 0 Å². The first-order valence-electron chi connectivity index (χ1n) is 8.09. The Morgan fingerprint density at radius 3 is 2.37 bits per heavy atom. The van der Waals surface area contributed by atoms with Crippen LogP contribution in [0.1, 0.15) is 47.0 Å². The number of hydrogen-bond donors (Lipinski definition) is 1. The molecule has 0 aromatic carbocycles. The molecule has 0 bridgehead atoms. The van der Waals surface area contributed by atoms with Crippen LogP contribution in [0, 0.1) is 17.8 Å². The van der Waals surface area contributed by atoms with Crippen molar-refractivity contribution >= 4 is 0 Å². The van der Waals surface area contributed by atoms with Crippen LogP contribution in [0.25, 0.3) is 0 Å². The summed E-state index contributed by atoms with van der Waals surface area (Å²) in [7, 11) is 0. The van der Waals surface area contributed by atoms with Gasteiger partial charge in [-0.25, -0.2) is 0 Å². The topological polar surface area (TPSA) is 38.5 Å². The lowest BCUT2D eigenvalue weighted by molar-refractivity contribution is -0.0741. The van der Waals surface area contributed by atoms with Crippen molar-refractivity contribution in [3.63, 3.8) is 0 Å². The van der Waals surface area contributed by atoms with E-state index in [-0.39, 0.29) is 0 Å². The van der Waals surface area contributed by atoms with Crippen LogP contribution in [-0.2, 0) is 4.74 Å². The van der Waals surface area contributed by atoms with Gasteiger partial charge in [-0.15, -0.1) is 0 Å². The van der Waals surface area contributed by atoms with Gasteiger partial charge in [0.15, 0.2) is 0 Å². The molecule has 19 heavy (non-hydrogen) atoms. The molecule has 0 amide bonds. The number of hydrogen-bond acceptors (Lipinski definition) is 3. The second kappa shape index (κ2) is 6.55. The van der Waals surface area contributed by atoms with Crippen molar-refractivity contribution in [3.8, 4) is 0 Å². The minimum atomic E-state index is 0.365. The standard InChI is InChI=1S/C16H32N2O/c1-11(2)14-5-6-16(17)15(7-14)10-18-8-12(3)19-13(4)9-18/h11-16H,5-10,17H2,1-4H3. The van der Waals surface area contributed by atoms with Crippen LogP contribution in [0.2, 0.25) is 0 Å². The Morgan fingerprint density at radius 1 is 1.16 bits per heavy atom. The molecule has 2 aliphatic rings. The number of ether oxygens (including phenoxy) is 1. The second-order valence-corrected chi connectivity index (χ2v) is 7.22. The first kappa shape index (κ1) is 15.3. The molecule has 5 unspecified atom stereocenters. The molecule has 1 saturated carbocycles. The van der Waals surface area contributed by atoms with E-state index in [0.29, 0.717) is 24.2 Å². The summed E-state index contributed by atoms with van der Waals surface area (Å²) in [5.41, 5.74) is 6.37. The molecule has 0 radical (unpaired) electrons. The molecule has 0 aromatic rings. The zero-order valence-electron chi connectivity index (χ0n) is 13.1. The van der Waals surface area contributed by atoms with E-state index < -0.39 is 0 Å². The summed E-state index contributed by atoms with van der Waals surface area (Å²) >= 11 is 0. The lowest BCUT2D eigenvalue weighted by Gasteiger charge is -2.42. The van der Waals surface area contributed by atoms with E-state index in [1.165, 1.54) is 25.8 Å². The molecular formula is C16H32N2O. The highest BCUT2D eigenvalue weighted by Gasteiger charge is 2.32. The molecule has 5 atom stereocenters. The summed E-state index contributed by atoms with van der Waals surface area (Å²) in [5.74, 6) is 2.36. The molecule has 3 nitrogen and oxygen atoms in total. The third-order valence-electron chi connectivity index (χ3n) is 5.01. The molecule has 0 aromatic heterocycles. The fraction of sp³-hybridized carbons (Fsp3) is 1.00. The molecule has 0 spiro atoms. The molecular weight excluding hydrogens is 236 g/mol. The molecule has 2 rings (SSSR count). The maximum atomic E-state index is 6.37. The van der Waals surface area contributed by atoms with Crippen molar-refractivity contribution in [2.45, 2.75) is 65.2 Å². The summed E-state index contributed by atoms with van der Waals surface area (Å²) < 4.78 is 5.82. The van der Waals surface area contributed by atoms with Gasteiger partial charge in [-0.05, 0) is 50.9 Å². The molecule has 2 fully saturated rings. The van der Waals surface area contributed by atoms with Crippen molar-refractivity contribution in [2.75, 3.05) is 19.6 Å². The van der Waals surface area contributed by atoms with Crippen molar-refractivity contribution in [3.05, 3.63) is 0 Å². The number of morpholine rings is 1. The van der Waals surface area contributed by atoms with Crippen molar-refractivity contribution in [2.24, 2.45) is 23.5 Å². The van der Waals surface area contributed by atoms with Crippen molar-refractivity contribution in [1.29, 1.82) is 0 Å². The van der Waals surface area contributed by atoms with Crippen LogP contribution in [0.5, 0.6) is 0 Å². The molecule has 112 valence electrons. The van der Waals surface area contributed by atoms with Gasteiger partial charge in [0.25, 0.3) is 0 Å². The van der Waals surface area contributed by atoms with E-state index >= 15 is 0 Å². The Bertz CT molecular complexity index is 272. The zero-order chi connectivity index (χ0) is 14.0. The molecule has 1 aliphatic carbocycles. The molecule has 1 heterocycles. The van der Waals surface area contributed by atoms with Crippen LogP contribution >= 0.6 is 0 Å². The highest BCUT2D eigenvalue weighted by atomic mass is 16.5. The van der Waals surface area contributed by atoms with Gasteiger partial charge in [-0.3, -0.25) is 4.90 Å². The SMILES string of the molecule is CC1CN(CC2CC(C(C)C)CCC2N)CC(C)O1. The Labute approximate surface area is 118 Å². The van der Waals surface area contributed by atoms with Gasteiger partial charge in [0.2, 0.25) is 0 Å². The van der Waals surface area contributed by atoms with E-state index in [2.05, 4.69) is 32.6 Å². The van der Waals surface area contributed by atoms with Crippen molar-refractivity contribution < 1.29 is 4.74 Å². The van der Waals surface area contributed by atoms with Crippen LogP contribution in [-0.4, -0.2) is 42.8 Å². The number of nitrogens with zero attached hydrogens (tertiary/aromatic N) is 1. The Kier molecular flexibility index (Phi) is 5.27. The monoisotopic (exact) mass is 268 g/mol. The normalized spacial score (nSPS) is 41.7. The van der Waals surface area contributed by atoms with Gasteiger partial charge in [0.05, 0.1) is 12.2 Å². The average molecular weight is 268 g/mol. The van der Waals surface area contributed by atoms with E-state index in [1.54, 1.807) is 0 Å². The highest BCUT2D eigenvalue weighted by Crippen LogP contribution is 2.33. The largest absolute Gasteiger partial charge is 0.373 e. The fourth-order valence-corrected chi connectivity index (χ4v) is 3.90. The molecule has 1 aliphatic heterocycles. The van der Waals surface area contributed by atoms with Gasteiger partial charge in [0.1, 0.15) is 0 Å². The van der Waals surface area contributed by atoms with Gasteiger partial charge in [0, 0.05) is 25.7 Å². The third kappa shape index (κ3) is 4.17. The van der Waals surface area contributed by atoms with Gasteiger partial charge >= 0.3 is 0 Å². The predicted octanol–water partition coefficient (Wildman–Crippen LogP) is 2.50. The summed E-state index contributed by atoms with van der Waals surface area (Å²) in [6.45, 7) is 12.4. The summed E-state index contributed by atoms with van der Waals surface area (Å²) in [4.78, 5) is 2.58.